The van der Waals surface area contributed by atoms with Gasteiger partial charge in [0.1, 0.15) is 5.82 Å². The number of hydrogen-bond donors (Lipinski definition) is 2. The van der Waals surface area contributed by atoms with Crippen LogP contribution < -0.4 is 15.5 Å². The Labute approximate surface area is 131 Å². The Hall–Kier alpha value is -1.66. The zero-order valence-electron chi connectivity index (χ0n) is 13.0. The van der Waals surface area contributed by atoms with Gasteiger partial charge in [-0.3, -0.25) is 4.79 Å². The van der Waals surface area contributed by atoms with Crippen molar-refractivity contribution in [3.05, 3.63) is 18.3 Å². The monoisotopic (exact) mass is 304 g/mol. The van der Waals surface area contributed by atoms with E-state index in [1.165, 1.54) is 0 Å². The summed E-state index contributed by atoms with van der Waals surface area (Å²) >= 11 is 0. The van der Waals surface area contributed by atoms with Gasteiger partial charge in [0.05, 0.1) is 31.1 Å². The van der Waals surface area contributed by atoms with E-state index in [9.17, 15) is 4.79 Å². The van der Waals surface area contributed by atoms with Crippen molar-refractivity contribution in [3.8, 4) is 0 Å². The van der Waals surface area contributed by atoms with Crippen LogP contribution in [-0.4, -0.2) is 49.8 Å². The van der Waals surface area contributed by atoms with Crippen LogP contribution in [0.25, 0.3) is 0 Å². The van der Waals surface area contributed by atoms with Gasteiger partial charge >= 0.3 is 0 Å². The first kappa shape index (κ1) is 15.2. The van der Waals surface area contributed by atoms with E-state index in [4.69, 9.17) is 4.74 Å². The summed E-state index contributed by atoms with van der Waals surface area (Å²) in [6.45, 7) is 6.38. The minimum Gasteiger partial charge on any atom is -0.378 e. The summed E-state index contributed by atoms with van der Waals surface area (Å²) in [6, 6.07) is 3.77. The van der Waals surface area contributed by atoms with Gasteiger partial charge in [0.25, 0.3) is 0 Å². The predicted octanol–water partition coefficient (Wildman–Crippen LogP) is 1.24. The van der Waals surface area contributed by atoms with Crippen molar-refractivity contribution in [1.82, 2.24) is 10.3 Å². The number of nitrogens with zero attached hydrogens (tertiary/aromatic N) is 2. The molecule has 1 aromatic rings. The molecule has 0 aliphatic carbocycles. The highest BCUT2D eigenvalue weighted by atomic mass is 16.5. The highest BCUT2D eigenvalue weighted by Crippen LogP contribution is 2.18. The molecule has 0 spiro atoms. The third-order valence-corrected chi connectivity index (χ3v) is 4.36. The average Bonchev–Trinajstić information content (AvgIpc) is 2.56. The van der Waals surface area contributed by atoms with Crippen LogP contribution in [0.15, 0.2) is 18.3 Å². The zero-order chi connectivity index (χ0) is 15.4. The minimum atomic E-state index is -0.107. The van der Waals surface area contributed by atoms with E-state index in [0.717, 1.165) is 51.4 Å². The number of carbonyl (C=O) groups is 1. The van der Waals surface area contributed by atoms with Crippen LogP contribution in [0.4, 0.5) is 11.5 Å². The molecule has 2 unspecified atom stereocenters. The van der Waals surface area contributed by atoms with E-state index in [2.05, 4.69) is 27.4 Å². The number of aromatic nitrogens is 1. The Balaban J connectivity index is 1.57. The molecular weight excluding hydrogens is 280 g/mol. The van der Waals surface area contributed by atoms with Crippen molar-refractivity contribution in [2.45, 2.75) is 25.8 Å². The summed E-state index contributed by atoms with van der Waals surface area (Å²) in [6.07, 6.45) is 3.84. The molecule has 0 bridgehead atoms. The van der Waals surface area contributed by atoms with Crippen LogP contribution >= 0.6 is 0 Å². The number of nitrogens with one attached hydrogen (secondary N) is 2. The lowest BCUT2D eigenvalue weighted by Gasteiger charge is -2.29. The number of morpholine rings is 1. The molecule has 6 heteroatoms. The Bertz CT molecular complexity index is 499. The Morgan fingerprint density at radius 1 is 1.41 bits per heavy atom. The molecule has 3 rings (SSSR count). The smallest absolute Gasteiger partial charge is 0.242 e. The Morgan fingerprint density at radius 2 is 2.23 bits per heavy atom. The molecule has 0 saturated carbocycles. The third-order valence-electron chi connectivity index (χ3n) is 4.36. The number of carbonyl (C=O) groups excluding carboxylic acids is 1. The summed E-state index contributed by atoms with van der Waals surface area (Å²) in [5.74, 6) is 1.22. The molecule has 1 amide bonds. The SMILES string of the molecule is CC1CCNC(C(=O)Nc2ccc(N3CCOCC3)cn2)C1. The van der Waals surface area contributed by atoms with Gasteiger partial charge in [-0.1, -0.05) is 6.92 Å². The fourth-order valence-corrected chi connectivity index (χ4v) is 2.99. The van der Waals surface area contributed by atoms with Crippen LogP contribution in [0, 0.1) is 5.92 Å². The lowest BCUT2D eigenvalue weighted by molar-refractivity contribution is -0.119. The van der Waals surface area contributed by atoms with Crippen molar-refractivity contribution < 1.29 is 9.53 Å². The van der Waals surface area contributed by atoms with Gasteiger partial charge in [-0.25, -0.2) is 4.98 Å². The summed E-state index contributed by atoms with van der Waals surface area (Å²) in [4.78, 5) is 18.9. The summed E-state index contributed by atoms with van der Waals surface area (Å²) in [5, 5.41) is 6.18. The van der Waals surface area contributed by atoms with Crippen LogP contribution in [0.2, 0.25) is 0 Å². The van der Waals surface area contributed by atoms with Crippen LogP contribution in [0.3, 0.4) is 0 Å². The average molecular weight is 304 g/mol. The lowest BCUT2D eigenvalue weighted by Crippen LogP contribution is -2.45. The summed E-state index contributed by atoms with van der Waals surface area (Å²) in [7, 11) is 0. The summed E-state index contributed by atoms with van der Waals surface area (Å²) in [5.41, 5.74) is 1.07. The van der Waals surface area contributed by atoms with E-state index < -0.39 is 0 Å². The number of anilines is 2. The first-order valence-electron chi connectivity index (χ1n) is 8.05. The van der Waals surface area contributed by atoms with Crippen molar-refractivity contribution in [2.75, 3.05) is 43.1 Å². The van der Waals surface area contributed by atoms with E-state index in [1.54, 1.807) is 0 Å². The van der Waals surface area contributed by atoms with E-state index in [1.807, 2.05) is 18.3 Å². The number of ether oxygens (including phenoxy) is 1. The van der Waals surface area contributed by atoms with Crippen molar-refractivity contribution in [2.24, 2.45) is 5.92 Å². The van der Waals surface area contributed by atoms with Gasteiger partial charge in [0.15, 0.2) is 0 Å². The van der Waals surface area contributed by atoms with Gasteiger partial charge in [0, 0.05) is 13.1 Å². The molecule has 3 heterocycles. The number of piperidine rings is 1. The number of rotatable bonds is 3. The maximum absolute atomic E-state index is 12.3. The van der Waals surface area contributed by atoms with Gasteiger partial charge in [-0.2, -0.15) is 0 Å². The second-order valence-corrected chi connectivity index (χ2v) is 6.13. The molecule has 2 aliphatic rings. The standard InChI is InChI=1S/C16H24N4O2/c1-12-4-5-17-14(10-12)16(21)19-15-3-2-13(11-18-15)20-6-8-22-9-7-20/h2-3,11-12,14,17H,4-10H2,1H3,(H,18,19,21). The maximum Gasteiger partial charge on any atom is 0.242 e. The van der Waals surface area contributed by atoms with Crippen molar-refractivity contribution >= 4 is 17.4 Å². The van der Waals surface area contributed by atoms with Crippen LogP contribution in [0.5, 0.6) is 0 Å². The Kier molecular flexibility index (Phi) is 4.90. The molecule has 6 nitrogen and oxygen atoms in total. The second-order valence-electron chi connectivity index (χ2n) is 6.13. The van der Waals surface area contributed by atoms with Crippen molar-refractivity contribution in [1.29, 1.82) is 0 Å². The molecular formula is C16H24N4O2. The molecule has 2 saturated heterocycles. The van der Waals surface area contributed by atoms with Gasteiger partial charge < -0.3 is 20.3 Å². The zero-order valence-corrected chi connectivity index (χ0v) is 13.0. The first-order valence-corrected chi connectivity index (χ1v) is 8.05. The molecule has 22 heavy (non-hydrogen) atoms. The highest BCUT2D eigenvalue weighted by molar-refractivity contribution is 5.94. The van der Waals surface area contributed by atoms with Gasteiger partial charge in [-0.15, -0.1) is 0 Å². The molecule has 0 radical (unpaired) electrons. The highest BCUT2D eigenvalue weighted by Gasteiger charge is 2.24. The van der Waals surface area contributed by atoms with Crippen LogP contribution in [-0.2, 0) is 9.53 Å². The molecule has 0 aromatic carbocycles. The van der Waals surface area contributed by atoms with E-state index in [-0.39, 0.29) is 11.9 Å². The molecule has 2 aliphatic heterocycles. The van der Waals surface area contributed by atoms with Crippen LogP contribution in [0.1, 0.15) is 19.8 Å². The molecule has 2 N–H and O–H groups in total. The molecule has 120 valence electrons. The number of pyridine rings is 1. The third kappa shape index (κ3) is 3.75. The number of hydrogen-bond acceptors (Lipinski definition) is 5. The minimum absolute atomic E-state index is 0.0122. The quantitative estimate of drug-likeness (QED) is 0.879. The maximum atomic E-state index is 12.3. The fraction of sp³-hybridized carbons (Fsp3) is 0.625. The van der Waals surface area contributed by atoms with Gasteiger partial charge in [-0.05, 0) is 37.4 Å². The van der Waals surface area contributed by atoms with E-state index in [0.29, 0.717) is 11.7 Å². The molecule has 2 fully saturated rings. The first-order chi connectivity index (χ1) is 10.7. The van der Waals surface area contributed by atoms with Gasteiger partial charge in [0.2, 0.25) is 5.91 Å². The van der Waals surface area contributed by atoms with Crippen molar-refractivity contribution in [3.63, 3.8) is 0 Å². The van der Waals surface area contributed by atoms with E-state index >= 15 is 0 Å². The largest absolute Gasteiger partial charge is 0.378 e. The second kappa shape index (κ2) is 7.07. The lowest BCUT2D eigenvalue weighted by atomic mass is 9.94. The normalized spacial score (nSPS) is 25.8. The molecule has 1 aromatic heterocycles. The summed E-state index contributed by atoms with van der Waals surface area (Å²) < 4.78 is 5.35. The fourth-order valence-electron chi connectivity index (χ4n) is 2.99. The Morgan fingerprint density at radius 3 is 2.91 bits per heavy atom. The predicted molar refractivity (Wildman–Crippen MR) is 86.1 cm³/mol. The molecule has 2 atom stereocenters. The topological polar surface area (TPSA) is 66.5 Å². The number of amides is 1.